The number of hydrogen-bond acceptors (Lipinski definition) is 7. The smallest absolute Gasteiger partial charge is 0.265 e. The van der Waals surface area contributed by atoms with E-state index in [1.807, 2.05) is 37.6 Å². The zero-order chi connectivity index (χ0) is 23.2. The summed E-state index contributed by atoms with van der Waals surface area (Å²) in [6, 6.07) is 5.51. The van der Waals surface area contributed by atoms with Crippen LogP contribution in [0.1, 0.15) is 50.4 Å². The maximum absolute atomic E-state index is 13.2. The molecule has 1 aliphatic heterocycles. The predicted molar refractivity (Wildman–Crippen MR) is 127 cm³/mol. The van der Waals surface area contributed by atoms with E-state index >= 15 is 0 Å². The molecule has 2 aliphatic rings. The highest BCUT2D eigenvalue weighted by Crippen LogP contribution is 2.38. The summed E-state index contributed by atoms with van der Waals surface area (Å²) in [5, 5.41) is 8.68. The van der Waals surface area contributed by atoms with Gasteiger partial charge < -0.3 is 9.64 Å². The second-order valence-corrected chi connectivity index (χ2v) is 10.5. The lowest BCUT2D eigenvalue weighted by Gasteiger charge is -2.34. The van der Waals surface area contributed by atoms with Crippen LogP contribution in [0.2, 0.25) is 0 Å². The van der Waals surface area contributed by atoms with Crippen molar-refractivity contribution in [3.8, 4) is 11.7 Å². The Labute approximate surface area is 197 Å². The van der Waals surface area contributed by atoms with Crippen molar-refractivity contribution in [2.75, 3.05) is 11.4 Å². The van der Waals surface area contributed by atoms with E-state index in [1.165, 1.54) is 11.9 Å². The molecule has 9 nitrogen and oxygen atoms in total. The van der Waals surface area contributed by atoms with Crippen LogP contribution in [0.15, 0.2) is 41.7 Å². The molecule has 1 atom stereocenters. The Morgan fingerprint density at radius 1 is 1.27 bits per heavy atom. The molecular weight excluding hydrogens is 438 g/mol. The van der Waals surface area contributed by atoms with E-state index in [0.29, 0.717) is 29.0 Å². The third-order valence-corrected chi connectivity index (χ3v) is 6.72. The van der Waals surface area contributed by atoms with Gasteiger partial charge in [0.25, 0.3) is 5.91 Å². The summed E-state index contributed by atoms with van der Waals surface area (Å²) < 4.78 is 12.1. The van der Waals surface area contributed by atoms with E-state index in [-0.39, 0.29) is 17.6 Å². The number of carbonyl (C=O) groups is 1. The number of nitrogens with one attached hydrogen (secondary N) is 1. The van der Waals surface area contributed by atoms with Crippen LogP contribution >= 0.6 is 11.9 Å². The van der Waals surface area contributed by atoms with Crippen LogP contribution in [0, 0.1) is 5.92 Å². The number of pyridine rings is 1. The summed E-state index contributed by atoms with van der Waals surface area (Å²) in [5.74, 6) is 2.25. The highest BCUT2D eigenvalue weighted by Gasteiger charge is 2.39. The summed E-state index contributed by atoms with van der Waals surface area (Å²) >= 11 is 1.25. The van der Waals surface area contributed by atoms with Crippen molar-refractivity contribution < 1.29 is 9.53 Å². The lowest BCUT2D eigenvalue weighted by Crippen LogP contribution is -2.40. The molecule has 174 valence electrons. The van der Waals surface area contributed by atoms with Gasteiger partial charge in [0.15, 0.2) is 5.82 Å². The second kappa shape index (κ2) is 8.40. The molecule has 10 heteroatoms. The minimum absolute atomic E-state index is 0.110. The number of aryl methyl sites for hydroxylation is 1. The number of hydrogen-bond donors (Lipinski definition) is 1. The van der Waals surface area contributed by atoms with Gasteiger partial charge in [-0.3, -0.25) is 14.2 Å². The molecule has 4 heterocycles. The lowest BCUT2D eigenvalue weighted by molar-refractivity contribution is 0.0984. The van der Waals surface area contributed by atoms with Gasteiger partial charge in [-0.2, -0.15) is 5.10 Å². The van der Waals surface area contributed by atoms with Gasteiger partial charge in [-0.15, -0.1) is 5.10 Å². The van der Waals surface area contributed by atoms with E-state index in [2.05, 4.69) is 40.6 Å². The van der Waals surface area contributed by atoms with Gasteiger partial charge >= 0.3 is 0 Å². The Kier molecular flexibility index (Phi) is 5.55. The van der Waals surface area contributed by atoms with Gasteiger partial charge in [0.05, 0.1) is 16.7 Å². The average Bonchev–Trinajstić information content (AvgIpc) is 3.15. The number of carbonyl (C=O) groups excluding carboxylic acids is 1. The number of aromatic nitrogens is 5. The molecule has 33 heavy (non-hydrogen) atoms. The number of ether oxygens (including phenoxy) is 1. The Hall–Kier alpha value is -3.01. The first-order chi connectivity index (χ1) is 15.8. The van der Waals surface area contributed by atoms with Crippen LogP contribution < -0.4 is 14.4 Å². The fourth-order valence-electron chi connectivity index (χ4n) is 4.37. The number of anilines is 1. The minimum Gasteiger partial charge on any atom is -0.473 e. The molecule has 5 rings (SSSR count). The topological polar surface area (TPSA) is 90.1 Å². The molecular formula is C23H29N7O2S. The largest absolute Gasteiger partial charge is 0.473 e. The molecule has 1 aliphatic carbocycles. The molecule has 3 aromatic rings. The van der Waals surface area contributed by atoms with Crippen LogP contribution in [-0.2, 0) is 7.05 Å². The molecule has 0 radical (unpaired) electrons. The quantitative estimate of drug-likeness (QED) is 0.531. The normalized spacial score (nSPS) is 19.6. The van der Waals surface area contributed by atoms with Gasteiger partial charge in [0.2, 0.25) is 5.88 Å². The van der Waals surface area contributed by atoms with Crippen LogP contribution in [0.4, 0.5) is 5.82 Å². The molecule has 1 N–H and O–H groups in total. The maximum atomic E-state index is 13.2. The highest BCUT2D eigenvalue weighted by atomic mass is 32.2. The van der Waals surface area contributed by atoms with Gasteiger partial charge in [0.1, 0.15) is 11.9 Å². The van der Waals surface area contributed by atoms with Crippen LogP contribution in [-0.4, -0.2) is 48.6 Å². The van der Waals surface area contributed by atoms with Gasteiger partial charge in [-0.1, -0.05) is 6.92 Å². The third kappa shape index (κ3) is 4.71. The first-order valence-corrected chi connectivity index (χ1v) is 12.1. The molecule has 2 fully saturated rings. The minimum atomic E-state index is -0.188. The molecule has 1 saturated heterocycles. The average molecular weight is 468 g/mol. The number of rotatable bonds is 7. The molecule has 0 spiro atoms. The Bertz CT molecular complexity index is 1170. The van der Waals surface area contributed by atoms with E-state index < -0.39 is 0 Å². The van der Waals surface area contributed by atoms with Crippen molar-refractivity contribution >= 4 is 23.7 Å². The van der Waals surface area contributed by atoms with Crippen molar-refractivity contribution in [2.45, 2.75) is 56.6 Å². The van der Waals surface area contributed by atoms with Crippen LogP contribution in [0.3, 0.4) is 0 Å². The summed E-state index contributed by atoms with van der Waals surface area (Å²) in [7, 11) is 1.85. The second-order valence-electron chi connectivity index (χ2n) is 9.57. The van der Waals surface area contributed by atoms with Crippen molar-refractivity contribution in [1.29, 1.82) is 0 Å². The van der Waals surface area contributed by atoms with E-state index in [9.17, 15) is 4.79 Å². The highest BCUT2D eigenvalue weighted by molar-refractivity contribution is 7.98. The predicted octanol–water partition coefficient (Wildman–Crippen LogP) is 3.60. The first-order valence-electron chi connectivity index (χ1n) is 11.3. The molecule has 1 unspecified atom stereocenters. The molecule has 0 bridgehead atoms. The van der Waals surface area contributed by atoms with E-state index in [1.54, 1.807) is 15.6 Å². The van der Waals surface area contributed by atoms with Crippen molar-refractivity contribution in [2.24, 2.45) is 13.0 Å². The summed E-state index contributed by atoms with van der Waals surface area (Å²) in [5.41, 5.74) is 0.430. The fourth-order valence-corrected chi connectivity index (χ4v) is 5.00. The lowest BCUT2D eigenvalue weighted by atomic mass is 9.97. The first kappa shape index (κ1) is 21.8. The van der Waals surface area contributed by atoms with Crippen LogP contribution in [0.25, 0.3) is 5.82 Å². The van der Waals surface area contributed by atoms with Crippen molar-refractivity contribution in [3.63, 3.8) is 0 Å². The Morgan fingerprint density at radius 3 is 2.76 bits per heavy atom. The summed E-state index contributed by atoms with van der Waals surface area (Å²) in [6.07, 6.45) is 8.91. The zero-order valence-electron chi connectivity index (χ0n) is 19.4. The molecule has 0 aromatic carbocycles. The summed E-state index contributed by atoms with van der Waals surface area (Å²) in [6.45, 7) is 7.48. The molecule has 1 saturated carbocycles. The van der Waals surface area contributed by atoms with Crippen LogP contribution in [0.5, 0.6) is 5.88 Å². The van der Waals surface area contributed by atoms with E-state index in [0.717, 1.165) is 30.7 Å². The van der Waals surface area contributed by atoms with Crippen molar-refractivity contribution in [3.05, 3.63) is 42.4 Å². The van der Waals surface area contributed by atoms with Crippen molar-refractivity contribution in [1.82, 2.24) is 29.3 Å². The fraction of sp³-hybridized carbons (Fsp3) is 0.478. The number of amides is 1. The Morgan fingerprint density at radius 2 is 2.09 bits per heavy atom. The van der Waals surface area contributed by atoms with Gasteiger partial charge in [-0.05, 0) is 63.1 Å². The number of nitrogens with zero attached hydrogens (tertiary/aromatic N) is 6. The van der Waals surface area contributed by atoms with Gasteiger partial charge in [0, 0.05) is 37.6 Å². The van der Waals surface area contributed by atoms with Gasteiger partial charge in [-0.25, -0.2) is 9.67 Å². The molecule has 3 aromatic heterocycles. The zero-order valence-corrected chi connectivity index (χ0v) is 20.2. The monoisotopic (exact) mass is 467 g/mol. The van der Waals surface area contributed by atoms with E-state index in [4.69, 9.17) is 9.72 Å². The Balaban J connectivity index is 1.45. The standard InChI is InChI=1S/C23H29N7O2S/c1-15-11-23(2,3)29(13-15)21-18(22(31)27-33-17-12-24-28(4)14-17)7-8-19(25-21)30-10-9-20(26-30)32-16-5-6-16/h7-10,12,14-16H,5-6,11,13H2,1-4H3,(H,27,31). The maximum Gasteiger partial charge on any atom is 0.265 e. The summed E-state index contributed by atoms with van der Waals surface area (Å²) in [4.78, 5) is 21.2. The third-order valence-electron chi connectivity index (χ3n) is 5.99. The SMILES string of the molecule is CC1CN(c2nc(-n3ccc(OC4CC4)n3)ccc2C(=O)NSc2cnn(C)c2)C(C)(C)C1. The molecule has 1 amide bonds.